The van der Waals surface area contributed by atoms with Gasteiger partial charge in [-0.2, -0.15) is 0 Å². The van der Waals surface area contributed by atoms with Gasteiger partial charge in [-0.3, -0.25) is 19.2 Å². The molecule has 2 aliphatic carbocycles. The third kappa shape index (κ3) is 19.1. The molecule has 0 fully saturated rings. The predicted molar refractivity (Wildman–Crippen MR) is 108 cm³/mol. The van der Waals surface area contributed by atoms with E-state index in [0.717, 1.165) is 0 Å². The Kier molecular flexibility index (Phi) is 32.9. The summed E-state index contributed by atoms with van der Waals surface area (Å²) in [5.41, 5.74) is 0.924. The van der Waals surface area contributed by atoms with Gasteiger partial charge in [0, 0.05) is 56.5 Å². The SMILES string of the molecule is O.O.O.O.O=C(O)CN/C=C1/C=CC=CC1=O.O=C(O)CN/C=C1/C=CC=CC1=O.[Ni].[Ni]. The van der Waals surface area contributed by atoms with Crippen LogP contribution in [-0.4, -0.2) is 68.7 Å². The fraction of sp³-hybridized carbons (Fsp3) is 0.111. The maximum Gasteiger partial charge on any atom is 0.322 e. The van der Waals surface area contributed by atoms with E-state index in [9.17, 15) is 19.2 Å². The fourth-order valence-corrected chi connectivity index (χ4v) is 1.70. The normalized spacial score (nSPS) is 14.5. The quantitative estimate of drug-likeness (QED) is 0.198. The molecule has 0 aromatic carbocycles. The molecule has 12 nitrogen and oxygen atoms in total. The summed E-state index contributed by atoms with van der Waals surface area (Å²) in [6.45, 7) is -0.372. The second-order valence-electron chi connectivity index (χ2n) is 4.91. The van der Waals surface area contributed by atoms with E-state index in [1.54, 1.807) is 36.5 Å². The van der Waals surface area contributed by atoms with Gasteiger partial charge in [0.05, 0.1) is 0 Å². The number of carboxylic acids is 2. The molecule has 0 unspecified atom stereocenters. The van der Waals surface area contributed by atoms with E-state index in [2.05, 4.69) is 10.6 Å². The van der Waals surface area contributed by atoms with E-state index in [1.165, 1.54) is 24.6 Å². The Morgan fingerprint density at radius 3 is 1.19 bits per heavy atom. The van der Waals surface area contributed by atoms with Crippen molar-refractivity contribution < 1.29 is 84.3 Å². The molecule has 0 radical (unpaired) electrons. The second-order valence-corrected chi connectivity index (χ2v) is 4.91. The Bertz CT molecular complexity index is 708. The fourth-order valence-electron chi connectivity index (χ4n) is 1.70. The Balaban J connectivity index is -0.0000000889. The topological polar surface area (TPSA) is 259 Å². The molecule has 0 aliphatic heterocycles. The summed E-state index contributed by atoms with van der Waals surface area (Å²) in [7, 11) is 0. The number of carbonyl (C=O) groups excluding carboxylic acids is 2. The molecule has 188 valence electrons. The van der Waals surface area contributed by atoms with Crippen molar-refractivity contribution in [1.29, 1.82) is 0 Å². The van der Waals surface area contributed by atoms with Crippen LogP contribution < -0.4 is 10.6 Å². The van der Waals surface area contributed by atoms with E-state index in [-0.39, 0.29) is 79.5 Å². The second kappa shape index (κ2) is 24.4. The van der Waals surface area contributed by atoms with E-state index in [1.807, 2.05) is 0 Å². The van der Waals surface area contributed by atoms with Crippen molar-refractivity contribution in [2.24, 2.45) is 0 Å². The predicted octanol–water partition coefficient (Wildman–Crippen LogP) is -2.82. The number of hydrogen-bond donors (Lipinski definition) is 4. The van der Waals surface area contributed by atoms with Gasteiger partial charge in [0.15, 0.2) is 11.6 Å². The Morgan fingerprint density at radius 2 is 0.938 bits per heavy atom. The number of carboxylic acid groups (broad SMARTS) is 2. The third-order valence-corrected chi connectivity index (χ3v) is 2.86. The number of aliphatic carboxylic acids is 2. The first-order valence-electron chi connectivity index (χ1n) is 7.49. The van der Waals surface area contributed by atoms with Crippen LogP contribution in [0.4, 0.5) is 0 Å². The molecule has 12 N–H and O–H groups in total. The van der Waals surface area contributed by atoms with Crippen LogP contribution in [0.2, 0.25) is 0 Å². The van der Waals surface area contributed by atoms with Gasteiger partial charge in [0.2, 0.25) is 0 Å². The molecule has 0 atom stereocenters. The first kappa shape index (κ1) is 43.1. The molecule has 0 saturated carbocycles. The third-order valence-electron chi connectivity index (χ3n) is 2.86. The van der Waals surface area contributed by atoms with Crippen LogP contribution in [0.25, 0.3) is 0 Å². The van der Waals surface area contributed by atoms with Gasteiger partial charge in [0.1, 0.15) is 13.1 Å². The molecule has 14 heteroatoms. The maximum atomic E-state index is 11.1. The first-order chi connectivity index (χ1) is 12.4. The number of allylic oxidation sites excluding steroid dienone is 10. The van der Waals surface area contributed by atoms with Crippen LogP contribution in [0.5, 0.6) is 0 Å². The molecule has 0 amide bonds. The summed E-state index contributed by atoms with van der Waals surface area (Å²) < 4.78 is 0. The van der Waals surface area contributed by atoms with Gasteiger partial charge in [-0.25, -0.2) is 0 Å². The van der Waals surface area contributed by atoms with E-state index in [0.29, 0.717) is 11.1 Å². The van der Waals surface area contributed by atoms with E-state index in [4.69, 9.17) is 10.2 Å². The smallest absolute Gasteiger partial charge is 0.322 e. The molecule has 0 saturated heterocycles. The van der Waals surface area contributed by atoms with Crippen molar-refractivity contribution in [3.63, 3.8) is 0 Å². The zero-order chi connectivity index (χ0) is 19.4. The van der Waals surface area contributed by atoms with Crippen LogP contribution >= 0.6 is 0 Å². The van der Waals surface area contributed by atoms with Gasteiger partial charge < -0.3 is 42.8 Å². The number of ketones is 2. The maximum absolute atomic E-state index is 11.1. The van der Waals surface area contributed by atoms with Crippen LogP contribution in [0, 0.1) is 0 Å². The zero-order valence-corrected chi connectivity index (χ0v) is 18.3. The molecule has 0 aromatic rings. The van der Waals surface area contributed by atoms with Gasteiger partial charge >= 0.3 is 11.9 Å². The van der Waals surface area contributed by atoms with Gasteiger partial charge in [-0.1, -0.05) is 24.3 Å². The number of carbonyl (C=O) groups is 4. The largest absolute Gasteiger partial charge is 0.480 e. The Labute approximate surface area is 203 Å². The van der Waals surface area contributed by atoms with Crippen LogP contribution in [0.3, 0.4) is 0 Å². The standard InChI is InChI=1S/2C9H9NO3.2Ni.4H2O/c2*11-8-4-2-1-3-7(8)5-10-6-9(12)13;;;;;;/h2*1-5,10H,6H2,(H,12,13);;;4*1H2/b2*7-5-;;;;;;. The van der Waals surface area contributed by atoms with Crippen LogP contribution in [0.15, 0.2) is 72.2 Å². The van der Waals surface area contributed by atoms with Crippen molar-refractivity contribution in [2.45, 2.75) is 0 Å². The van der Waals surface area contributed by atoms with Crippen molar-refractivity contribution in [3.8, 4) is 0 Å². The molecule has 32 heavy (non-hydrogen) atoms. The minimum absolute atomic E-state index is 0. The van der Waals surface area contributed by atoms with Crippen molar-refractivity contribution in [3.05, 3.63) is 72.2 Å². The minimum atomic E-state index is -0.959. The average Bonchev–Trinajstić information content (AvgIpc) is 2.58. The Morgan fingerprint density at radius 1 is 0.656 bits per heavy atom. The van der Waals surface area contributed by atoms with Gasteiger partial charge in [-0.15, -0.1) is 0 Å². The zero-order valence-electron chi connectivity index (χ0n) is 16.3. The molecule has 2 rings (SSSR count). The summed E-state index contributed by atoms with van der Waals surface area (Å²) in [5.74, 6) is -2.17. The number of rotatable bonds is 6. The van der Waals surface area contributed by atoms with E-state index < -0.39 is 11.9 Å². The van der Waals surface area contributed by atoms with Crippen LogP contribution in [-0.2, 0) is 52.2 Å². The molecule has 2 aliphatic rings. The molecule has 0 bridgehead atoms. The van der Waals surface area contributed by atoms with Crippen molar-refractivity contribution >= 4 is 23.5 Å². The van der Waals surface area contributed by atoms with Gasteiger partial charge in [0.25, 0.3) is 0 Å². The van der Waals surface area contributed by atoms with Crippen molar-refractivity contribution in [2.75, 3.05) is 13.1 Å². The average molecular weight is 548 g/mol. The molecule has 0 heterocycles. The summed E-state index contributed by atoms with van der Waals surface area (Å²) in [6, 6.07) is 0. The van der Waals surface area contributed by atoms with Crippen LogP contribution in [0.1, 0.15) is 0 Å². The monoisotopic (exact) mass is 546 g/mol. The number of hydrogen-bond acceptors (Lipinski definition) is 6. The summed E-state index contributed by atoms with van der Waals surface area (Å²) in [6.07, 6.45) is 15.6. The van der Waals surface area contributed by atoms with Gasteiger partial charge in [-0.05, 0) is 24.3 Å². The molecular formula is C18H26N2Ni2O10. The first-order valence-corrected chi connectivity index (χ1v) is 7.49. The Hall–Kier alpha value is -2.85. The molecule has 0 aromatic heterocycles. The summed E-state index contributed by atoms with van der Waals surface area (Å²) >= 11 is 0. The summed E-state index contributed by atoms with van der Waals surface area (Å²) in [5, 5.41) is 21.6. The minimum Gasteiger partial charge on any atom is -0.480 e. The van der Waals surface area contributed by atoms with Crippen molar-refractivity contribution in [1.82, 2.24) is 10.6 Å². The van der Waals surface area contributed by atoms with E-state index >= 15 is 0 Å². The molecular weight excluding hydrogens is 522 g/mol. The molecule has 0 spiro atoms. The summed E-state index contributed by atoms with van der Waals surface area (Å²) in [4.78, 5) is 42.4. The number of nitrogens with one attached hydrogen (secondary N) is 2.